The van der Waals surface area contributed by atoms with Crippen molar-refractivity contribution in [2.24, 2.45) is 0 Å². The van der Waals surface area contributed by atoms with Crippen molar-refractivity contribution >= 4 is 11.9 Å². The average Bonchev–Trinajstić information content (AvgIpc) is 2.81. The molecule has 0 radical (unpaired) electrons. The molecule has 0 amide bonds. The summed E-state index contributed by atoms with van der Waals surface area (Å²) in [6.07, 6.45) is 0. The predicted molar refractivity (Wildman–Crippen MR) is 123 cm³/mol. The van der Waals surface area contributed by atoms with Crippen molar-refractivity contribution in [1.29, 1.82) is 0 Å². The molecule has 2 aromatic carbocycles. The lowest BCUT2D eigenvalue weighted by molar-refractivity contribution is -0.159. The second-order valence-corrected chi connectivity index (χ2v) is 7.39. The molecular weight excluding hydrogens is 428 g/mol. The number of carbonyl (C=O) groups is 2. The molecule has 1 saturated heterocycles. The first kappa shape index (κ1) is 26.0. The van der Waals surface area contributed by atoms with Crippen molar-refractivity contribution in [3.8, 4) is 17.2 Å². The van der Waals surface area contributed by atoms with Gasteiger partial charge in [0, 0.05) is 44.8 Å². The first-order valence-electron chi connectivity index (χ1n) is 10.7. The van der Waals surface area contributed by atoms with E-state index in [-0.39, 0.29) is 0 Å². The van der Waals surface area contributed by atoms with E-state index in [4.69, 9.17) is 34.0 Å². The highest BCUT2D eigenvalue weighted by Gasteiger charge is 2.19. The molecule has 1 aliphatic rings. The van der Waals surface area contributed by atoms with Crippen LogP contribution in [0.25, 0.3) is 0 Å². The van der Waals surface area contributed by atoms with Crippen LogP contribution >= 0.6 is 0 Å². The number of carboxylic acid groups (broad SMARTS) is 2. The van der Waals surface area contributed by atoms with Gasteiger partial charge in [0.1, 0.15) is 5.75 Å². The Morgan fingerprint density at radius 1 is 0.818 bits per heavy atom. The smallest absolute Gasteiger partial charge is 0.414 e. The van der Waals surface area contributed by atoms with Gasteiger partial charge in [-0.2, -0.15) is 0 Å². The number of ether oxygens (including phenoxy) is 3. The summed E-state index contributed by atoms with van der Waals surface area (Å²) in [7, 11) is 3.42. The number of piperazine rings is 1. The summed E-state index contributed by atoms with van der Waals surface area (Å²) < 4.78 is 16.6. The third-order valence-electron chi connectivity index (χ3n) is 5.17. The van der Waals surface area contributed by atoms with E-state index in [1.165, 1.54) is 11.1 Å². The topological polar surface area (TPSA) is 109 Å². The van der Waals surface area contributed by atoms with Gasteiger partial charge in [0.15, 0.2) is 11.5 Å². The minimum Gasteiger partial charge on any atom is -0.496 e. The maximum absolute atomic E-state index is 9.10. The van der Waals surface area contributed by atoms with E-state index in [2.05, 4.69) is 34.1 Å². The lowest BCUT2D eigenvalue weighted by Crippen LogP contribution is -2.45. The molecule has 0 aliphatic carbocycles. The van der Waals surface area contributed by atoms with E-state index in [0.29, 0.717) is 6.61 Å². The second-order valence-electron chi connectivity index (χ2n) is 7.39. The number of nitrogens with zero attached hydrogens (tertiary/aromatic N) is 2. The number of methoxy groups -OCH3 is 2. The highest BCUT2D eigenvalue weighted by Crippen LogP contribution is 2.28. The van der Waals surface area contributed by atoms with Crippen LogP contribution in [0, 0.1) is 0 Å². The van der Waals surface area contributed by atoms with E-state index in [0.717, 1.165) is 56.5 Å². The largest absolute Gasteiger partial charge is 0.496 e. The number of aliphatic carboxylic acids is 2. The molecule has 0 unspecified atom stereocenters. The van der Waals surface area contributed by atoms with Gasteiger partial charge in [0.25, 0.3) is 0 Å². The summed E-state index contributed by atoms with van der Waals surface area (Å²) in [5, 5.41) is 14.8. The maximum atomic E-state index is 9.10. The van der Waals surface area contributed by atoms with Crippen LogP contribution in [-0.2, 0) is 22.7 Å². The Morgan fingerprint density at radius 3 is 1.94 bits per heavy atom. The van der Waals surface area contributed by atoms with Crippen molar-refractivity contribution in [2.75, 3.05) is 47.0 Å². The van der Waals surface area contributed by atoms with Gasteiger partial charge in [-0.3, -0.25) is 9.80 Å². The van der Waals surface area contributed by atoms with Crippen LogP contribution in [0.5, 0.6) is 17.2 Å². The zero-order valence-corrected chi connectivity index (χ0v) is 19.3. The Hall–Kier alpha value is -3.30. The van der Waals surface area contributed by atoms with Crippen molar-refractivity contribution in [3.63, 3.8) is 0 Å². The minimum atomic E-state index is -1.82. The number of para-hydroxylation sites is 1. The fourth-order valence-electron chi connectivity index (χ4n) is 3.53. The van der Waals surface area contributed by atoms with Crippen LogP contribution < -0.4 is 14.2 Å². The molecule has 1 aliphatic heterocycles. The summed E-state index contributed by atoms with van der Waals surface area (Å²) in [5.74, 6) is -1.05. The number of carboxylic acids is 2. The fraction of sp³-hybridized carbons (Fsp3) is 0.417. The molecule has 0 atom stereocenters. The van der Waals surface area contributed by atoms with Gasteiger partial charge in [-0.15, -0.1) is 0 Å². The zero-order valence-electron chi connectivity index (χ0n) is 19.3. The number of hydrogen-bond donors (Lipinski definition) is 2. The molecule has 0 spiro atoms. The van der Waals surface area contributed by atoms with Crippen molar-refractivity contribution in [1.82, 2.24) is 9.80 Å². The Bertz CT molecular complexity index is 899. The first-order chi connectivity index (χ1) is 15.9. The fourth-order valence-corrected chi connectivity index (χ4v) is 3.53. The van der Waals surface area contributed by atoms with E-state index in [9.17, 15) is 0 Å². The molecular formula is C24H32N2O7. The van der Waals surface area contributed by atoms with Gasteiger partial charge in [0.05, 0.1) is 20.8 Å². The van der Waals surface area contributed by atoms with Crippen LogP contribution in [0.4, 0.5) is 0 Å². The molecule has 9 nitrogen and oxygen atoms in total. The standard InChI is InChI=1S/C22H30N2O3.C2H2O4/c1-4-27-22-15-18(9-10-21(22)26-3)16-23-11-13-24(14-12-23)17-19-7-5-6-8-20(19)25-2;3-1(4)2(5)6/h5-10,15H,4,11-14,16-17H2,1-3H3;(H,3,4)(H,5,6). The van der Waals surface area contributed by atoms with Crippen LogP contribution in [0.1, 0.15) is 18.1 Å². The number of benzene rings is 2. The van der Waals surface area contributed by atoms with Gasteiger partial charge >= 0.3 is 11.9 Å². The van der Waals surface area contributed by atoms with Gasteiger partial charge in [0.2, 0.25) is 0 Å². The highest BCUT2D eigenvalue weighted by atomic mass is 16.5. The molecule has 3 rings (SSSR count). The molecule has 0 saturated carbocycles. The Morgan fingerprint density at radius 2 is 1.39 bits per heavy atom. The molecule has 2 N–H and O–H groups in total. The van der Waals surface area contributed by atoms with E-state index < -0.39 is 11.9 Å². The monoisotopic (exact) mass is 460 g/mol. The molecule has 1 heterocycles. The highest BCUT2D eigenvalue weighted by molar-refractivity contribution is 6.27. The summed E-state index contributed by atoms with van der Waals surface area (Å²) >= 11 is 0. The van der Waals surface area contributed by atoms with Crippen molar-refractivity contribution in [3.05, 3.63) is 53.6 Å². The molecule has 9 heteroatoms. The van der Waals surface area contributed by atoms with Crippen molar-refractivity contribution < 1.29 is 34.0 Å². The van der Waals surface area contributed by atoms with Crippen molar-refractivity contribution in [2.45, 2.75) is 20.0 Å². The number of hydrogen-bond acceptors (Lipinski definition) is 7. The van der Waals surface area contributed by atoms with Gasteiger partial charge < -0.3 is 24.4 Å². The maximum Gasteiger partial charge on any atom is 0.414 e. The predicted octanol–water partition coefficient (Wildman–Crippen LogP) is 2.58. The molecule has 33 heavy (non-hydrogen) atoms. The summed E-state index contributed by atoms with van der Waals surface area (Å²) in [5.41, 5.74) is 2.52. The first-order valence-corrected chi connectivity index (χ1v) is 10.7. The zero-order chi connectivity index (χ0) is 24.2. The van der Waals surface area contributed by atoms with Crippen LogP contribution in [0.15, 0.2) is 42.5 Å². The molecule has 0 bridgehead atoms. The molecule has 180 valence electrons. The number of rotatable bonds is 8. The van der Waals surface area contributed by atoms with Gasteiger partial charge in [-0.1, -0.05) is 24.3 Å². The molecule has 1 fully saturated rings. The third kappa shape index (κ3) is 8.28. The Kier molecular flexibility index (Phi) is 10.5. The van der Waals surface area contributed by atoms with Gasteiger partial charge in [-0.25, -0.2) is 9.59 Å². The molecule has 2 aromatic rings. The lowest BCUT2D eigenvalue weighted by atomic mass is 10.1. The van der Waals surface area contributed by atoms with E-state index in [1.807, 2.05) is 25.1 Å². The quantitative estimate of drug-likeness (QED) is 0.575. The second kappa shape index (κ2) is 13.3. The van der Waals surface area contributed by atoms with Crippen LogP contribution in [0.3, 0.4) is 0 Å². The summed E-state index contributed by atoms with van der Waals surface area (Å²) in [6.45, 7) is 8.76. The SMILES string of the molecule is CCOc1cc(CN2CCN(Cc3ccccc3OC)CC2)ccc1OC.O=C(O)C(=O)O. The third-order valence-corrected chi connectivity index (χ3v) is 5.17. The Balaban J connectivity index is 0.000000569. The summed E-state index contributed by atoms with van der Waals surface area (Å²) in [4.78, 5) is 23.2. The van der Waals surface area contributed by atoms with Crippen LogP contribution in [0.2, 0.25) is 0 Å². The summed E-state index contributed by atoms with van der Waals surface area (Å²) in [6, 6.07) is 14.5. The van der Waals surface area contributed by atoms with E-state index >= 15 is 0 Å². The Labute approximate surface area is 194 Å². The van der Waals surface area contributed by atoms with Crippen LogP contribution in [-0.4, -0.2) is 79.0 Å². The van der Waals surface area contributed by atoms with Gasteiger partial charge in [-0.05, 0) is 30.7 Å². The normalized spacial score (nSPS) is 14.0. The average molecular weight is 461 g/mol. The van der Waals surface area contributed by atoms with E-state index in [1.54, 1.807) is 14.2 Å². The minimum absolute atomic E-state index is 0.640. The lowest BCUT2D eigenvalue weighted by Gasteiger charge is -2.35. The molecule has 0 aromatic heterocycles.